The van der Waals surface area contributed by atoms with Crippen LogP contribution in [0.3, 0.4) is 0 Å². The van der Waals surface area contributed by atoms with E-state index in [1.165, 1.54) is 0 Å². The summed E-state index contributed by atoms with van der Waals surface area (Å²) in [6.07, 6.45) is 6.02. The van der Waals surface area contributed by atoms with Crippen LogP contribution >= 0.6 is 0 Å². The Morgan fingerprint density at radius 3 is 2.76 bits per heavy atom. The summed E-state index contributed by atoms with van der Waals surface area (Å²) in [5.41, 5.74) is 6.92. The molecule has 1 aliphatic carbocycles. The van der Waals surface area contributed by atoms with Crippen molar-refractivity contribution in [2.45, 2.75) is 31.7 Å². The first kappa shape index (κ1) is 14.1. The molecule has 2 heterocycles. The Hall–Kier alpha value is -1.82. The van der Waals surface area contributed by atoms with Crippen LogP contribution in [0.1, 0.15) is 46.5 Å². The molecule has 1 saturated heterocycles. The van der Waals surface area contributed by atoms with Crippen LogP contribution in [0, 0.1) is 5.92 Å². The number of nitrogens with one attached hydrogen (secondary N) is 2. The average Bonchev–Trinajstić information content (AvgIpc) is 3.02. The van der Waals surface area contributed by atoms with E-state index in [0.29, 0.717) is 23.7 Å². The van der Waals surface area contributed by atoms with Gasteiger partial charge in [0.25, 0.3) is 11.8 Å². The Bertz CT molecular complexity index is 530. The smallest absolute Gasteiger partial charge is 0.270 e. The van der Waals surface area contributed by atoms with Crippen LogP contribution in [0.4, 0.5) is 0 Å². The fraction of sp³-hybridized carbons (Fsp3) is 0.600. The molecule has 1 aromatic rings. The van der Waals surface area contributed by atoms with Gasteiger partial charge < -0.3 is 20.9 Å². The number of hydrogen-bond acceptors (Lipinski definition) is 3. The van der Waals surface area contributed by atoms with Gasteiger partial charge in [-0.3, -0.25) is 9.59 Å². The second-order valence-corrected chi connectivity index (χ2v) is 6.01. The topological polar surface area (TPSA) is 91.2 Å². The summed E-state index contributed by atoms with van der Waals surface area (Å²) in [4.78, 5) is 28.9. The summed E-state index contributed by atoms with van der Waals surface area (Å²) < 4.78 is 0. The Balaban J connectivity index is 1.55. The van der Waals surface area contributed by atoms with Crippen LogP contribution in [-0.4, -0.2) is 47.4 Å². The maximum absolute atomic E-state index is 12.2. The largest absolute Gasteiger partial charge is 0.356 e. The van der Waals surface area contributed by atoms with E-state index >= 15 is 0 Å². The van der Waals surface area contributed by atoms with Crippen LogP contribution in [-0.2, 0) is 0 Å². The lowest BCUT2D eigenvalue weighted by Gasteiger charge is -2.13. The van der Waals surface area contributed by atoms with E-state index in [-0.39, 0.29) is 17.9 Å². The molecule has 0 bridgehead atoms. The molecule has 1 aliphatic heterocycles. The van der Waals surface area contributed by atoms with Crippen molar-refractivity contribution in [3.63, 3.8) is 0 Å². The summed E-state index contributed by atoms with van der Waals surface area (Å²) in [5.74, 6) is 0.355. The third-order valence-corrected chi connectivity index (χ3v) is 4.29. The van der Waals surface area contributed by atoms with Crippen LogP contribution in [0.5, 0.6) is 0 Å². The molecule has 4 N–H and O–H groups in total. The molecule has 0 radical (unpaired) electrons. The average molecular weight is 290 g/mol. The molecule has 2 fully saturated rings. The van der Waals surface area contributed by atoms with Gasteiger partial charge in [0.05, 0.1) is 5.56 Å². The minimum absolute atomic E-state index is 0.0266. The molecule has 0 spiro atoms. The van der Waals surface area contributed by atoms with Crippen molar-refractivity contribution in [2.24, 2.45) is 11.7 Å². The lowest BCUT2D eigenvalue weighted by molar-refractivity contribution is 0.0787. The number of rotatable bonds is 5. The zero-order valence-electron chi connectivity index (χ0n) is 12.1. The quantitative estimate of drug-likeness (QED) is 0.746. The zero-order chi connectivity index (χ0) is 14.8. The van der Waals surface area contributed by atoms with Crippen molar-refractivity contribution in [1.82, 2.24) is 15.2 Å². The first-order valence-electron chi connectivity index (χ1n) is 7.66. The Morgan fingerprint density at radius 1 is 1.38 bits per heavy atom. The highest BCUT2D eigenvalue weighted by Gasteiger charge is 2.28. The molecule has 2 aliphatic rings. The monoisotopic (exact) mass is 290 g/mol. The van der Waals surface area contributed by atoms with Gasteiger partial charge in [0, 0.05) is 31.9 Å². The molecule has 6 nitrogen and oxygen atoms in total. The van der Waals surface area contributed by atoms with Crippen molar-refractivity contribution in [3.8, 4) is 0 Å². The fourth-order valence-corrected chi connectivity index (χ4v) is 2.74. The van der Waals surface area contributed by atoms with Crippen molar-refractivity contribution >= 4 is 11.8 Å². The SMILES string of the molecule is NC(CNC(=O)c1c[nH]c(C(=O)N2CCCC2)c1)C1CC1. The number of aromatic nitrogens is 1. The summed E-state index contributed by atoms with van der Waals surface area (Å²) in [7, 11) is 0. The molecule has 1 aromatic heterocycles. The lowest BCUT2D eigenvalue weighted by Crippen LogP contribution is -2.38. The number of hydrogen-bond donors (Lipinski definition) is 3. The molecule has 2 amide bonds. The highest BCUT2D eigenvalue weighted by atomic mass is 16.2. The maximum atomic E-state index is 12.2. The Labute approximate surface area is 124 Å². The molecule has 114 valence electrons. The normalized spacial score (nSPS) is 19.6. The third-order valence-electron chi connectivity index (χ3n) is 4.29. The number of nitrogens with zero attached hydrogens (tertiary/aromatic N) is 1. The number of likely N-dealkylation sites (tertiary alicyclic amines) is 1. The second kappa shape index (κ2) is 5.89. The van der Waals surface area contributed by atoms with E-state index < -0.39 is 0 Å². The summed E-state index contributed by atoms with van der Waals surface area (Å²) >= 11 is 0. The first-order chi connectivity index (χ1) is 10.1. The highest BCUT2D eigenvalue weighted by molar-refractivity contribution is 5.99. The predicted molar refractivity (Wildman–Crippen MR) is 79.0 cm³/mol. The standard InChI is InChI=1S/C15H22N4O2/c16-12(10-3-4-10)9-18-14(20)11-7-13(17-8-11)15(21)19-5-1-2-6-19/h7-8,10,12,17H,1-6,9,16H2,(H,18,20). The number of aromatic amines is 1. The number of carbonyl (C=O) groups is 2. The molecule has 1 saturated carbocycles. The second-order valence-electron chi connectivity index (χ2n) is 6.01. The van der Waals surface area contributed by atoms with Gasteiger partial charge in [-0.25, -0.2) is 0 Å². The van der Waals surface area contributed by atoms with Gasteiger partial charge in [0.15, 0.2) is 0 Å². The van der Waals surface area contributed by atoms with Crippen LogP contribution in [0.25, 0.3) is 0 Å². The van der Waals surface area contributed by atoms with E-state index in [2.05, 4.69) is 10.3 Å². The third kappa shape index (κ3) is 3.26. The number of carbonyl (C=O) groups excluding carboxylic acids is 2. The molecule has 21 heavy (non-hydrogen) atoms. The van der Waals surface area contributed by atoms with Gasteiger partial charge in [-0.1, -0.05) is 0 Å². The van der Waals surface area contributed by atoms with Gasteiger partial charge in [-0.2, -0.15) is 0 Å². The van der Waals surface area contributed by atoms with Gasteiger partial charge in [0.1, 0.15) is 5.69 Å². The molecular weight excluding hydrogens is 268 g/mol. The van der Waals surface area contributed by atoms with E-state index in [4.69, 9.17) is 5.73 Å². The van der Waals surface area contributed by atoms with E-state index in [9.17, 15) is 9.59 Å². The van der Waals surface area contributed by atoms with Gasteiger partial charge >= 0.3 is 0 Å². The summed E-state index contributed by atoms with van der Waals surface area (Å²) in [6.45, 7) is 2.09. The Kier molecular flexibility index (Phi) is 3.96. The molecular formula is C15H22N4O2. The van der Waals surface area contributed by atoms with Crippen LogP contribution < -0.4 is 11.1 Å². The molecule has 1 atom stereocenters. The molecule has 0 aromatic carbocycles. The summed E-state index contributed by atoms with van der Waals surface area (Å²) in [5, 5.41) is 2.83. The van der Waals surface area contributed by atoms with Gasteiger partial charge in [-0.15, -0.1) is 0 Å². The van der Waals surface area contributed by atoms with Crippen molar-refractivity contribution in [2.75, 3.05) is 19.6 Å². The maximum Gasteiger partial charge on any atom is 0.270 e. The van der Waals surface area contributed by atoms with Crippen LogP contribution in [0.2, 0.25) is 0 Å². The van der Waals surface area contributed by atoms with Crippen LogP contribution in [0.15, 0.2) is 12.3 Å². The lowest BCUT2D eigenvalue weighted by atomic mass is 10.2. The Morgan fingerprint density at radius 2 is 2.10 bits per heavy atom. The number of amides is 2. The predicted octanol–water partition coefficient (Wildman–Crippen LogP) is 0.718. The van der Waals surface area contributed by atoms with E-state index in [1.54, 1.807) is 12.3 Å². The van der Waals surface area contributed by atoms with Gasteiger partial charge in [0.2, 0.25) is 0 Å². The minimum atomic E-state index is -0.178. The van der Waals surface area contributed by atoms with Gasteiger partial charge in [-0.05, 0) is 37.7 Å². The first-order valence-corrected chi connectivity index (χ1v) is 7.66. The fourth-order valence-electron chi connectivity index (χ4n) is 2.74. The molecule has 3 rings (SSSR count). The zero-order valence-corrected chi connectivity index (χ0v) is 12.1. The number of H-pyrrole nitrogens is 1. The minimum Gasteiger partial charge on any atom is -0.356 e. The van der Waals surface area contributed by atoms with Crippen molar-refractivity contribution < 1.29 is 9.59 Å². The van der Waals surface area contributed by atoms with E-state index in [0.717, 1.165) is 38.8 Å². The molecule has 1 unspecified atom stereocenters. The van der Waals surface area contributed by atoms with Crippen molar-refractivity contribution in [3.05, 3.63) is 23.5 Å². The summed E-state index contributed by atoms with van der Waals surface area (Å²) in [6, 6.07) is 1.66. The van der Waals surface area contributed by atoms with E-state index in [1.807, 2.05) is 4.90 Å². The number of nitrogens with two attached hydrogens (primary N) is 1. The molecule has 6 heteroatoms. The van der Waals surface area contributed by atoms with Crippen molar-refractivity contribution in [1.29, 1.82) is 0 Å². The highest BCUT2D eigenvalue weighted by Crippen LogP contribution is 2.31.